The lowest BCUT2D eigenvalue weighted by Gasteiger charge is -2.25. The maximum absolute atomic E-state index is 13.1. The van der Waals surface area contributed by atoms with Crippen LogP contribution >= 0.6 is 0 Å². The van der Waals surface area contributed by atoms with Gasteiger partial charge in [0.1, 0.15) is 12.5 Å². The number of benzene rings is 2. The topological polar surface area (TPSA) is 66.5 Å². The summed E-state index contributed by atoms with van der Waals surface area (Å²) in [5.41, 5.74) is 0.761. The molecule has 0 aromatic heterocycles. The number of carbonyl (C=O) groups is 1. The van der Waals surface area contributed by atoms with E-state index in [9.17, 15) is 22.0 Å². The lowest BCUT2D eigenvalue weighted by atomic mass is 10.1. The number of hydrogen-bond acceptors (Lipinski definition) is 3. The van der Waals surface area contributed by atoms with Crippen molar-refractivity contribution in [2.45, 2.75) is 17.9 Å². The predicted octanol–water partition coefficient (Wildman–Crippen LogP) is 2.91. The first-order valence-electron chi connectivity index (χ1n) is 7.95. The summed E-state index contributed by atoms with van der Waals surface area (Å²) in [6, 6.07) is 10.6. The average molecular weight is 382 g/mol. The third-order valence-corrected chi connectivity index (χ3v) is 5.98. The van der Waals surface area contributed by atoms with Crippen molar-refractivity contribution in [2.75, 3.05) is 20.3 Å². The summed E-state index contributed by atoms with van der Waals surface area (Å²) in [5.74, 6) is -0.951. The number of alkyl halides is 1. The minimum Gasteiger partial charge on any atom is -0.349 e. The Labute approximate surface area is 151 Å². The van der Waals surface area contributed by atoms with Gasteiger partial charge in [-0.2, -0.15) is 4.31 Å². The molecule has 0 aliphatic carbocycles. The second kappa shape index (κ2) is 8.37. The highest BCUT2D eigenvalue weighted by atomic mass is 32.2. The smallest absolute Gasteiger partial charge is 0.251 e. The average Bonchev–Trinajstić information content (AvgIpc) is 2.65. The van der Waals surface area contributed by atoms with Gasteiger partial charge in [-0.25, -0.2) is 17.2 Å². The summed E-state index contributed by atoms with van der Waals surface area (Å²) in [6.07, 6.45) is 0. The lowest BCUT2D eigenvalue weighted by Crippen LogP contribution is -2.30. The first kappa shape index (κ1) is 20.0. The molecule has 2 rings (SSSR count). The number of rotatable bonds is 7. The van der Waals surface area contributed by atoms with E-state index in [1.807, 2.05) is 0 Å². The largest absolute Gasteiger partial charge is 0.349 e. The number of carbonyl (C=O) groups excluding carboxylic acids is 1. The molecular formula is C18H20F2N2O3S. The van der Waals surface area contributed by atoms with Crippen LogP contribution in [0.5, 0.6) is 0 Å². The molecule has 0 saturated carbocycles. The second-order valence-electron chi connectivity index (χ2n) is 5.72. The molecule has 1 N–H and O–H groups in total. The molecule has 26 heavy (non-hydrogen) atoms. The molecule has 0 fully saturated rings. The van der Waals surface area contributed by atoms with Crippen molar-refractivity contribution in [1.82, 2.24) is 9.62 Å². The quantitative estimate of drug-likeness (QED) is 0.801. The molecule has 2 aromatic rings. The van der Waals surface area contributed by atoms with Gasteiger partial charge in [0, 0.05) is 25.2 Å². The third-order valence-electron chi connectivity index (χ3n) is 4.05. The molecule has 1 unspecified atom stereocenters. The maximum atomic E-state index is 13.1. The second-order valence-corrected chi connectivity index (χ2v) is 7.72. The third kappa shape index (κ3) is 4.44. The van der Waals surface area contributed by atoms with E-state index in [1.165, 1.54) is 55.6 Å². The number of amides is 1. The fraction of sp³-hybridized carbons (Fsp3) is 0.278. The standard InChI is InChI=1S/C18H20F2N2O3S/c1-13(14-6-8-16(20)9-7-14)22(2)26(24,25)17-5-3-4-15(12-17)18(23)21-11-10-19/h3-9,12-13H,10-11H2,1-2H3,(H,21,23). The summed E-state index contributed by atoms with van der Waals surface area (Å²) in [7, 11) is -2.47. The zero-order valence-electron chi connectivity index (χ0n) is 14.4. The van der Waals surface area contributed by atoms with Gasteiger partial charge >= 0.3 is 0 Å². The summed E-state index contributed by atoms with van der Waals surface area (Å²) >= 11 is 0. The van der Waals surface area contributed by atoms with Gasteiger partial charge in [0.2, 0.25) is 10.0 Å². The molecule has 8 heteroatoms. The van der Waals surface area contributed by atoms with Crippen molar-refractivity contribution in [1.29, 1.82) is 0 Å². The molecule has 0 heterocycles. The van der Waals surface area contributed by atoms with E-state index in [0.717, 1.165) is 4.31 Å². The van der Waals surface area contributed by atoms with Crippen LogP contribution in [0.1, 0.15) is 28.9 Å². The van der Waals surface area contributed by atoms with Gasteiger partial charge in [-0.3, -0.25) is 4.79 Å². The van der Waals surface area contributed by atoms with Crippen molar-refractivity contribution in [3.63, 3.8) is 0 Å². The molecule has 0 saturated heterocycles. The van der Waals surface area contributed by atoms with Crippen molar-refractivity contribution in [2.24, 2.45) is 0 Å². The predicted molar refractivity (Wildman–Crippen MR) is 94.5 cm³/mol. The van der Waals surface area contributed by atoms with E-state index < -0.39 is 34.5 Å². The summed E-state index contributed by atoms with van der Waals surface area (Å²) < 4.78 is 52.1. The van der Waals surface area contributed by atoms with Crippen LogP contribution in [0, 0.1) is 5.82 Å². The fourth-order valence-electron chi connectivity index (χ4n) is 2.39. The minimum absolute atomic E-state index is 0.0538. The Kier molecular flexibility index (Phi) is 6.44. The van der Waals surface area contributed by atoms with Crippen LogP contribution in [0.15, 0.2) is 53.4 Å². The molecule has 2 aromatic carbocycles. The summed E-state index contributed by atoms with van der Waals surface area (Å²) in [4.78, 5) is 11.9. The van der Waals surface area contributed by atoms with Crippen molar-refractivity contribution in [3.8, 4) is 0 Å². The Morgan fingerprint density at radius 3 is 2.46 bits per heavy atom. The zero-order valence-corrected chi connectivity index (χ0v) is 15.3. The number of nitrogens with zero attached hydrogens (tertiary/aromatic N) is 1. The highest BCUT2D eigenvalue weighted by molar-refractivity contribution is 7.89. The van der Waals surface area contributed by atoms with Gasteiger partial charge in [0.15, 0.2) is 0 Å². The van der Waals surface area contributed by atoms with Crippen LogP contribution in [-0.4, -0.2) is 38.9 Å². The number of hydrogen-bond donors (Lipinski definition) is 1. The van der Waals surface area contributed by atoms with E-state index in [-0.39, 0.29) is 17.0 Å². The Bertz CT molecular complexity index is 870. The van der Waals surface area contributed by atoms with Crippen molar-refractivity contribution < 1.29 is 22.0 Å². The van der Waals surface area contributed by atoms with Gasteiger partial charge < -0.3 is 5.32 Å². The van der Waals surface area contributed by atoms with Crippen LogP contribution in [0.2, 0.25) is 0 Å². The van der Waals surface area contributed by atoms with E-state index in [2.05, 4.69) is 5.32 Å². The highest BCUT2D eigenvalue weighted by Crippen LogP contribution is 2.26. The van der Waals surface area contributed by atoms with E-state index in [4.69, 9.17) is 0 Å². The van der Waals surface area contributed by atoms with Crippen LogP contribution in [0.25, 0.3) is 0 Å². The normalized spacial score (nSPS) is 12.8. The van der Waals surface area contributed by atoms with Crippen LogP contribution in [-0.2, 0) is 10.0 Å². The fourth-order valence-corrected chi connectivity index (χ4v) is 3.78. The van der Waals surface area contributed by atoms with Gasteiger partial charge in [0.25, 0.3) is 5.91 Å². The van der Waals surface area contributed by atoms with Gasteiger partial charge in [0.05, 0.1) is 4.90 Å². The maximum Gasteiger partial charge on any atom is 0.251 e. The minimum atomic E-state index is -3.89. The number of sulfonamides is 1. The number of halogens is 2. The van der Waals surface area contributed by atoms with E-state index in [0.29, 0.717) is 5.56 Å². The Hall–Kier alpha value is -2.32. The lowest BCUT2D eigenvalue weighted by molar-refractivity contribution is 0.0950. The van der Waals surface area contributed by atoms with Gasteiger partial charge in [-0.05, 0) is 42.8 Å². The van der Waals surface area contributed by atoms with Crippen LogP contribution in [0.3, 0.4) is 0 Å². The zero-order chi connectivity index (χ0) is 19.3. The van der Waals surface area contributed by atoms with E-state index >= 15 is 0 Å². The molecule has 140 valence electrons. The van der Waals surface area contributed by atoms with Crippen LogP contribution in [0.4, 0.5) is 8.78 Å². The molecule has 1 atom stereocenters. The molecule has 0 radical (unpaired) electrons. The van der Waals surface area contributed by atoms with Gasteiger partial charge in [-0.1, -0.05) is 18.2 Å². The number of nitrogens with one attached hydrogen (secondary N) is 1. The molecule has 0 aliphatic rings. The highest BCUT2D eigenvalue weighted by Gasteiger charge is 2.27. The monoisotopic (exact) mass is 382 g/mol. The summed E-state index contributed by atoms with van der Waals surface area (Å²) in [6.45, 7) is 0.835. The molecule has 0 aliphatic heterocycles. The molecular weight excluding hydrogens is 362 g/mol. The Balaban J connectivity index is 2.28. The van der Waals surface area contributed by atoms with Crippen molar-refractivity contribution >= 4 is 15.9 Å². The molecule has 1 amide bonds. The van der Waals surface area contributed by atoms with Gasteiger partial charge in [-0.15, -0.1) is 0 Å². The Morgan fingerprint density at radius 2 is 1.85 bits per heavy atom. The summed E-state index contributed by atoms with van der Waals surface area (Å²) in [5, 5.41) is 2.35. The van der Waals surface area contributed by atoms with Crippen molar-refractivity contribution in [3.05, 3.63) is 65.5 Å². The van der Waals surface area contributed by atoms with E-state index in [1.54, 1.807) is 6.92 Å². The first-order chi connectivity index (χ1) is 12.3. The Morgan fingerprint density at radius 1 is 1.19 bits per heavy atom. The molecule has 5 nitrogen and oxygen atoms in total. The molecule has 0 bridgehead atoms. The molecule has 0 spiro atoms. The SMILES string of the molecule is CC(c1ccc(F)cc1)N(C)S(=O)(=O)c1cccc(C(=O)NCCF)c1. The first-order valence-corrected chi connectivity index (χ1v) is 9.39. The van der Waals surface area contributed by atoms with Crippen LogP contribution < -0.4 is 5.32 Å².